The molecule has 0 saturated carbocycles. The monoisotopic (exact) mass is 274 g/mol. The summed E-state index contributed by atoms with van der Waals surface area (Å²) >= 11 is 0. The molecule has 7 heteroatoms. The molecule has 2 N–H and O–H groups in total. The van der Waals surface area contributed by atoms with Gasteiger partial charge in [-0.15, -0.1) is 0 Å². The molecule has 0 aliphatic carbocycles. The topological polar surface area (TPSA) is 76.7 Å². The lowest BCUT2D eigenvalue weighted by Crippen LogP contribution is -2.31. The first kappa shape index (κ1) is 14.7. The smallest absolute Gasteiger partial charge is 0.248 e. The van der Waals surface area contributed by atoms with Crippen molar-refractivity contribution in [2.24, 2.45) is 0 Å². The van der Waals surface area contributed by atoms with Crippen LogP contribution in [0.2, 0.25) is 0 Å². The zero-order valence-electron chi connectivity index (χ0n) is 10.7. The Morgan fingerprint density at radius 1 is 1.11 bits per heavy atom. The summed E-state index contributed by atoms with van der Waals surface area (Å²) in [4.78, 5) is 0.0195. The molecule has 1 aromatic rings. The van der Waals surface area contributed by atoms with Gasteiger partial charge in [-0.05, 0) is 19.2 Å². The predicted octanol–water partition coefficient (Wildman–Crippen LogP) is 0.202. The molecule has 0 heterocycles. The van der Waals surface area contributed by atoms with Crippen LogP contribution in [0, 0.1) is 0 Å². The predicted molar refractivity (Wildman–Crippen MR) is 68.7 cm³/mol. The van der Waals surface area contributed by atoms with Gasteiger partial charge in [-0.25, -0.2) is 13.1 Å². The van der Waals surface area contributed by atoms with Crippen molar-refractivity contribution >= 4 is 10.0 Å². The molecule has 0 bridgehead atoms. The molecular weight excluding hydrogens is 256 g/mol. The first-order valence-corrected chi connectivity index (χ1v) is 6.90. The summed E-state index contributed by atoms with van der Waals surface area (Å²) in [5, 5.41) is 2.86. The summed E-state index contributed by atoms with van der Waals surface area (Å²) < 4.78 is 36.9. The Labute approximate surface area is 107 Å². The Kier molecular flexibility index (Phi) is 5.39. The summed E-state index contributed by atoms with van der Waals surface area (Å²) in [5.74, 6) is 0.512. The molecule has 0 fully saturated rings. The lowest BCUT2D eigenvalue weighted by Gasteiger charge is -2.13. The molecule has 0 aliphatic rings. The molecular formula is C11H18N2O4S. The van der Waals surface area contributed by atoms with Crippen molar-refractivity contribution in [1.82, 2.24) is 10.0 Å². The van der Waals surface area contributed by atoms with Crippen molar-refractivity contribution in [1.29, 1.82) is 0 Å². The highest BCUT2D eigenvalue weighted by atomic mass is 32.2. The summed E-state index contributed by atoms with van der Waals surface area (Å²) in [6.45, 7) is 0.830. The van der Waals surface area contributed by atoms with E-state index in [-0.39, 0.29) is 16.4 Å². The van der Waals surface area contributed by atoms with Gasteiger partial charge in [0.05, 0.1) is 14.2 Å². The van der Waals surface area contributed by atoms with Crippen LogP contribution in [0.3, 0.4) is 0 Å². The summed E-state index contributed by atoms with van der Waals surface area (Å²) in [5.41, 5.74) is 0. The van der Waals surface area contributed by atoms with E-state index in [2.05, 4.69) is 10.0 Å². The Morgan fingerprint density at radius 2 is 1.67 bits per heavy atom. The van der Waals surface area contributed by atoms with Gasteiger partial charge in [0.25, 0.3) is 0 Å². The van der Waals surface area contributed by atoms with Gasteiger partial charge in [0, 0.05) is 13.1 Å². The summed E-state index contributed by atoms with van der Waals surface area (Å²) in [6, 6.07) is 4.83. The molecule has 0 atom stereocenters. The second-order valence-corrected chi connectivity index (χ2v) is 5.20. The fourth-order valence-electron chi connectivity index (χ4n) is 1.46. The fourth-order valence-corrected chi connectivity index (χ4v) is 2.81. The standard InChI is InChI=1S/C11H18N2O4S/c1-12-7-8-13-18(14,15)11-9(16-2)5-4-6-10(11)17-3/h4-6,12-13H,7-8H2,1-3H3. The van der Waals surface area contributed by atoms with Crippen molar-refractivity contribution in [2.45, 2.75) is 4.90 Å². The van der Waals surface area contributed by atoms with E-state index in [1.165, 1.54) is 14.2 Å². The van der Waals surface area contributed by atoms with Crippen LogP contribution in [-0.2, 0) is 10.0 Å². The Morgan fingerprint density at radius 3 is 2.11 bits per heavy atom. The molecule has 0 radical (unpaired) electrons. The van der Waals surface area contributed by atoms with Gasteiger partial charge in [0.2, 0.25) is 10.0 Å². The third-order valence-electron chi connectivity index (χ3n) is 2.32. The van der Waals surface area contributed by atoms with E-state index < -0.39 is 10.0 Å². The van der Waals surface area contributed by atoms with Gasteiger partial charge in [0.15, 0.2) is 4.90 Å². The molecule has 0 spiro atoms. The second-order valence-electron chi connectivity index (χ2n) is 3.49. The SMILES string of the molecule is CNCCNS(=O)(=O)c1c(OC)cccc1OC. The van der Waals surface area contributed by atoms with E-state index in [4.69, 9.17) is 9.47 Å². The molecule has 102 valence electrons. The minimum Gasteiger partial charge on any atom is -0.495 e. The molecule has 0 unspecified atom stereocenters. The van der Waals surface area contributed by atoms with E-state index >= 15 is 0 Å². The maximum atomic E-state index is 12.2. The number of benzene rings is 1. The number of hydrogen-bond acceptors (Lipinski definition) is 5. The minimum absolute atomic E-state index is 0.0195. The van der Waals surface area contributed by atoms with Crippen LogP contribution < -0.4 is 19.5 Å². The molecule has 1 rings (SSSR count). The van der Waals surface area contributed by atoms with Crippen LogP contribution >= 0.6 is 0 Å². The highest BCUT2D eigenvalue weighted by Gasteiger charge is 2.23. The van der Waals surface area contributed by atoms with E-state index in [0.717, 1.165) is 0 Å². The fraction of sp³-hybridized carbons (Fsp3) is 0.455. The van der Waals surface area contributed by atoms with Crippen molar-refractivity contribution in [3.8, 4) is 11.5 Å². The highest BCUT2D eigenvalue weighted by Crippen LogP contribution is 2.32. The van der Waals surface area contributed by atoms with E-state index in [0.29, 0.717) is 13.1 Å². The molecule has 1 aromatic carbocycles. The van der Waals surface area contributed by atoms with E-state index in [1.54, 1.807) is 25.2 Å². The number of likely N-dealkylation sites (N-methyl/N-ethyl adjacent to an activating group) is 1. The highest BCUT2D eigenvalue weighted by molar-refractivity contribution is 7.89. The van der Waals surface area contributed by atoms with Crippen LogP contribution in [0.4, 0.5) is 0 Å². The Hall–Kier alpha value is -1.31. The number of ether oxygens (including phenoxy) is 2. The van der Waals surface area contributed by atoms with Crippen LogP contribution in [0.1, 0.15) is 0 Å². The quantitative estimate of drug-likeness (QED) is 0.695. The van der Waals surface area contributed by atoms with Crippen LogP contribution in [-0.4, -0.2) is 42.8 Å². The molecule has 0 amide bonds. The zero-order valence-corrected chi connectivity index (χ0v) is 11.5. The number of nitrogens with one attached hydrogen (secondary N) is 2. The van der Waals surface area contributed by atoms with Crippen LogP contribution in [0.25, 0.3) is 0 Å². The van der Waals surface area contributed by atoms with Crippen molar-refractivity contribution in [2.75, 3.05) is 34.4 Å². The van der Waals surface area contributed by atoms with Gasteiger partial charge in [-0.1, -0.05) is 6.07 Å². The second kappa shape index (κ2) is 6.58. The minimum atomic E-state index is -3.66. The zero-order chi connectivity index (χ0) is 13.6. The van der Waals surface area contributed by atoms with Gasteiger partial charge >= 0.3 is 0 Å². The Bertz CT molecular complexity index is 466. The van der Waals surface area contributed by atoms with E-state index in [9.17, 15) is 8.42 Å². The largest absolute Gasteiger partial charge is 0.495 e. The number of methoxy groups -OCH3 is 2. The summed E-state index contributed by atoms with van der Waals surface area (Å²) in [6.07, 6.45) is 0. The lowest BCUT2D eigenvalue weighted by molar-refractivity contribution is 0.373. The molecule has 18 heavy (non-hydrogen) atoms. The lowest BCUT2D eigenvalue weighted by atomic mass is 10.3. The van der Waals surface area contributed by atoms with Crippen molar-refractivity contribution in [3.05, 3.63) is 18.2 Å². The van der Waals surface area contributed by atoms with Gasteiger partial charge in [-0.3, -0.25) is 0 Å². The third kappa shape index (κ3) is 3.34. The van der Waals surface area contributed by atoms with E-state index in [1.807, 2.05) is 0 Å². The number of rotatable bonds is 7. The maximum Gasteiger partial charge on any atom is 0.248 e. The third-order valence-corrected chi connectivity index (χ3v) is 3.84. The normalized spacial score (nSPS) is 11.3. The average molecular weight is 274 g/mol. The molecule has 0 saturated heterocycles. The molecule has 0 aromatic heterocycles. The van der Waals surface area contributed by atoms with Crippen LogP contribution in [0.15, 0.2) is 23.1 Å². The molecule has 0 aliphatic heterocycles. The number of hydrogen-bond donors (Lipinski definition) is 2. The maximum absolute atomic E-state index is 12.2. The van der Waals surface area contributed by atoms with Gasteiger partial charge in [-0.2, -0.15) is 0 Å². The van der Waals surface area contributed by atoms with Gasteiger partial charge < -0.3 is 14.8 Å². The Balaban J connectivity index is 3.13. The molecule has 6 nitrogen and oxygen atoms in total. The first-order chi connectivity index (χ1) is 8.56. The van der Waals surface area contributed by atoms with Gasteiger partial charge in [0.1, 0.15) is 11.5 Å². The summed E-state index contributed by atoms with van der Waals surface area (Å²) in [7, 11) is 0.926. The van der Waals surface area contributed by atoms with Crippen molar-refractivity contribution in [3.63, 3.8) is 0 Å². The first-order valence-electron chi connectivity index (χ1n) is 5.42. The van der Waals surface area contributed by atoms with Crippen molar-refractivity contribution < 1.29 is 17.9 Å². The average Bonchev–Trinajstić information content (AvgIpc) is 2.37. The number of sulfonamides is 1. The van der Waals surface area contributed by atoms with Crippen LogP contribution in [0.5, 0.6) is 11.5 Å².